The quantitative estimate of drug-likeness (QED) is 0.537. The van der Waals surface area contributed by atoms with E-state index in [4.69, 9.17) is 4.98 Å². The molecule has 1 aromatic heterocycles. The molecular weight excluding hydrogens is 382 g/mol. The molecule has 1 heterocycles. The monoisotopic (exact) mass is 415 g/mol. The first-order chi connectivity index (χ1) is 13.7. The molecule has 6 nitrogen and oxygen atoms in total. The van der Waals surface area contributed by atoms with Crippen LogP contribution in [0.4, 0.5) is 0 Å². The van der Waals surface area contributed by atoms with Crippen LogP contribution in [0.3, 0.4) is 0 Å². The predicted molar refractivity (Wildman–Crippen MR) is 122 cm³/mol. The lowest BCUT2D eigenvalue weighted by Crippen LogP contribution is -2.38. The number of hydrogen-bond acceptors (Lipinski definition) is 4. The highest BCUT2D eigenvalue weighted by Crippen LogP contribution is 2.25. The van der Waals surface area contributed by atoms with E-state index in [1.165, 1.54) is 0 Å². The Balaban J connectivity index is 1.94. The van der Waals surface area contributed by atoms with Gasteiger partial charge in [0.25, 0.3) is 5.91 Å². The molecule has 0 fully saturated rings. The van der Waals surface area contributed by atoms with E-state index >= 15 is 0 Å². The van der Waals surface area contributed by atoms with Crippen LogP contribution in [0.25, 0.3) is 0 Å². The summed E-state index contributed by atoms with van der Waals surface area (Å²) in [5, 5.41) is 9.86. The fourth-order valence-corrected chi connectivity index (χ4v) is 3.57. The van der Waals surface area contributed by atoms with E-state index in [9.17, 15) is 4.79 Å². The summed E-state index contributed by atoms with van der Waals surface area (Å²) in [6.07, 6.45) is 0.809. The van der Waals surface area contributed by atoms with Gasteiger partial charge in [0.1, 0.15) is 0 Å². The number of carbonyl (C=O) groups is 1. The second-order valence-electron chi connectivity index (χ2n) is 8.17. The molecule has 29 heavy (non-hydrogen) atoms. The maximum atomic E-state index is 12.1. The number of guanidine groups is 1. The number of benzene rings is 1. The third-order valence-electron chi connectivity index (χ3n) is 4.22. The lowest BCUT2D eigenvalue weighted by Gasteiger charge is -2.13. The summed E-state index contributed by atoms with van der Waals surface area (Å²) in [4.78, 5) is 23.1. The van der Waals surface area contributed by atoms with Crippen LogP contribution in [0, 0.1) is 0 Å². The van der Waals surface area contributed by atoms with E-state index < -0.39 is 0 Å². The van der Waals surface area contributed by atoms with Gasteiger partial charge in [-0.15, -0.1) is 11.3 Å². The van der Waals surface area contributed by atoms with Crippen molar-refractivity contribution in [1.29, 1.82) is 0 Å². The van der Waals surface area contributed by atoms with Gasteiger partial charge in [-0.2, -0.15) is 0 Å². The molecule has 0 radical (unpaired) electrons. The zero-order chi connectivity index (χ0) is 21.4. The number of aliphatic imine (C=N–C) groups is 1. The topological polar surface area (TPSA) is 69.6 Å². The van der Waals surface area contributed by atoms with Crippen LogP contribution in [-0.2, 0) is 18.4 Å². The molecule has 1 aromatic carbocycles. The Labute approximate surface area is 178 Å². The number of aromatic nitrogens is 1. The van der Waals surface area contributed by atoms with Gasteiger partial charge in [0, 0.05) is 43.5 Å². The van der Waals surface area contributed by atoms with Crippen molar-refractivity contribution in [2.24, 2.45) is 4.99 Å². The molecule has 0 saturated heterocycles. The standard InChI is InChI=1S/C22H33N5OS/c1-7-23-21(25-14-18-15-29-20(26-18)22(2,3)4)24-12-11-16-9-8-10-17(13-16)19(28)27(5)6/h8-10,13,15H,7,11-12,14H2,1-6H3,(H2,23,24,25). The van der Waals surface area contributed by atoms with E-state index in [1.807, 2.05) is 31.2 Å². The van der Waals surface area contributed by atoms with Gasteiger partial charge in [0.15, 0.2) is 5.96 Å². The molecule has 1 amide bonds. The van der Waals surface area contributed by atoms with Crippen molar-refractivity contribution in [2.45, 2.75) is 46.1 Å². The molecule has 0 saturated carbocycles. The summed E-state index contributed by atoms with van der Waals surface area (Å²) in [5.74, 6) is 0.797. The third-order valence-corrected chi connectivity index (χ3v) is 5.54. The van der Waals surface area contributed by atoms with Crippen molar-refractivity contribution < 1.29 is 4.79 Å². The van der Waals surface area contributed by atoms with Crippen LogP contribution in [-0.4, -0.2) is 48.9 Å². The first-order valence-electron chi connectivity index (χ1n) is 9.98. The second kappa shape index (κ2) is 10.4. The van der Waals surface area contributed by atoms with Gasteiger partial charge >= 0.3 is 0 Å². The van der Waals surface area contributed by atoms with Gasteiger partial charge in [0.05, 0.1) is 17.2 Å². The zero-order valence-electron chi connectivity index (χ0n) is 18.4. The lowest BCUT2D eigenvalue weighted by molar-refractivity contribution is 0.0827. The largest absolute Gasteiger partial charge is 0.357 e. The third kappa shape index (κ3) is 7.16. The minimum atomic E-state index is 0.0209. The zero-order valence-corrected chi connectivity index (χ0v) is 19.2. The molecule has 158 valence electrons. The highest BCUT2D eigenvalue weighted by Gasteiger charge is 2.17. The Morgan fingerprint density at radius 1 is 1.24 bits per heavy atom. The first kappa shape index (κ1) is 22.9. The van der Waals surface area contributed by atoms with Crippen LogP contribution in [0.2, 0.25) is 0 Å². The average molecular weight is 416 g/mol. The Hall–Kier alpha value is -2.41. The summed E-state index contributed by atoms with van der Waals surface area (Å²) in [5.41, 5.74) is 2.89. The van der Waals surface area contributed by atoms with Crippen molar-refractivity contribution in [3.63, 3.8) is 0 Å². The fraction of sp³-hybridized carbons (Fsp3) is 0.500. The van der Waals surface area contributed by atoms with Gasteiger partial charge in [-0.05, 0) is 31.0 Å². The fourth-order valence-electron chi connectivity index (χ4n) is 2.67. The van der Waals surface area contributed by atoms with Gasteiger partial charge in [-0.3, -0.25) is 4.79 Å². The van der Waals surface area contributed by atoms with Crippen molar-refractivity contribution >= 4 is 23.2 Å². The smallest absolute Gasteiger partial charge is 0.253 e. The second-order valence-corrected chi connectivity index (χ2v) is 9.02. The summed E-state index contributed by atoms with van der Waals surface area (Å²) in [6.45, 7) is 10.6. The lowest BCUT2D eigenvalue weighted by atomic mass is 9.98. The number of amides is 1. The summed E-state index contributed by atoms with van der Waals surface area (Å²) >= 11 is 1.69. The van der Waals surface area contributed by atoms with Crippen LogP contribution in [0.5, 0.6) is 0 Å². The Morgan fingerprint density at radius 2 is 2.00 bits per heavy atom. The van der Waals surface area contributed by atoms with Gasteiger partial charge in [-0.25, -0.2) is 9.98 Å². The molecular formula is C22H33N5OS. The molecule has 0 aliphatic heterocycles. The van der Waals surface area contributed by atoms with E-state index in [0.717, 1.165) is 41.7 Å². The molecule has 2 aromatic rings. The van der Waals surface area contributed by atoms with Gasteiger partial charge < -0.3 is 15.5 Å². The molecule has 0 spiro atoms. The normalized spacial score (nSPS) is 12.0. The molecule has 0 atom stereocenters. The summed E-state index contributed by atoms with van der Waals surface area (Å²) in [7, 11) is 3.53. The number of carbonyl (C=O) groups excluding carboxylic acids is 1. The SMILES string of the molecule is CCNC(=NCc1csc(C(C)(C)C)n1)NCCc1cccc(C(=O)N(C)C)c1. The van der Waals surface area contributed by atoms with Crippen LogP contribution >= 0.6 is 11.3 Å². The molecule has 2 N–H and O–H groups in total. The molecule has 0 unspecified atom stereocenters. The number of rotatable bonds is 7. The molecule has 0 aliphatic rings. The van der Waals surface area contributed by atoms with Gasteiger partial charge in [0.2, 0.25) is 0 Å². The van der Waals surface area contributed by atoms with E-state index in [-0.39, 0.29) is 11.3 Å². The highest BCUT2D eigenvalue weighted by molar-refractivity contribution is 7.09. The molecule has 0 aliphatic carbocycles. The van der Waals surface area contributed by atoms with Crippen molar-refractivity contribution in [3.05, 3.63) is 51.5 Å². The van der Waals surface area contributed by atoms with Crippen LogP contribution in [0.15, 0.2) is 34.6 Å². The summed E-state index contributed by atoms with van der Waals surface area (Å²) in [6, 6.07) is 7.78. The number of nitrogens with one attached hydrogen (secondary N) is 2. The Kier molecular flexibility index (Phi) is 8.20. The highest BCUT2D eigenvalue weighted by atomic mass is 32.1. The molecule has 7 heteroatoms. The average Bonchev–Trinajstić information content (AvgIpc) is 3.15. The van der Waals surface area contributed by atoms with Crippen LogP contribution in [0.1, 0.15) is 54.3 Å². The maximum Gasteiger partial charge on any atom is 0.253 e. The van der Waals surface area contributed by atoms with Gasteiger partial charge in [-0.1, -0.05) is 32.9 Å². The van der Waals surface area contributed by atoms with Crippen molar-refractivity contribution in [2.75, 3.05) is 27.2 Å². The minimum Gasteiger partial charge on any atom is -0.357 e. The van der Waals surface area contributed by atoms with Crippen molar-refractivity contribution in [3.8, 4) is 0 Å². The number of thiazole rings is 1. The van der Waals surface area contributed by atoms with E-state index in [1.54, 1.807) is 30.3 Å². The number of hydrogen-bond donors (Lipinski definition) is 2. The maximum absolute atomic E-state index is 12.1. The molecule has 2 rings (SSSR count). The minimum absolute atomic E-state index is 0.0209. The predicted octanol–water partition coefficient (Wildman–Crippen LogP) is 3.44. The first-order valence-corrected chi connectivity index (χ1v) is 10.9. The summed E-state index contributed by atoms with van der Waals surface area (Å²) < 4.78 is 0. The Morgan fingerprint density at radius 3 is 2.62 bits per heavy atom. The Bertz CT molecular complexity index is 836. The number of nitrogens with zero attached hydrogens (tertiary/aromatic N) is 3. The van der Waals surface area contributed by atoms with Crippen molar-refractivity contribution in [1.82, 2.24) is 20.5 Å². The van der Waals surface area contributed by atoms with E-state index in [2.05, 4.69) is 41.8 Å². The van der Waals surface area contributed by atoms with E-state index in [0.29, 0.717) is 12.1 Å². The molecule has 0 bridgehead atoms. The van der Waals surface area contributed by atoms with Crippen LogP contribution < -0.4 is 10.6 Å².